The van der Waals surface area contributed by atoms with Crippen LogP contribution >= 0.6 is 22.6 Å². The Morgan fingerprint density at radius 1 is 1.10 bits per heavy atom. The number of aliphatic hydroxyl groups is 1. The summed E-state index contributed by atoms with van der Waals surface area (Å²) in [6, 6.07) is 4.31. The molecule has 40 heavy (non-hydrogen) atoms. The molecular weight excluding hydrogens is 655 g/mol. The third-order valence-corrected chi connectivity index (χ3v) is 11.8. The van der Waals surface area contributed by atoms with Crippen LogP contribution in [0.4, 0.5) is 5.82 Å². The summed E-state index contributed by atoms with van der Waals surface area (Å²) in [6.45, 7) is 18.3. The number of anilines is 1. The largest absolute Gasteiger partial charge is 0.465 e. The van der Waals surface area contributed by atoms with Gasteiger partial charge in [0.25, 0.3) is 0 Å². The van der Waals surface area contributed by atoms with Gasteiger partial charge in [-0.05, 0) is 67.3 Å². The fourth-order valence-electron chi connectivity index (χ4n) is 4.83. The van der Waals surface area contributed by atoms with Crippen LogP contribution in [0.3, 0.4) is 0 Å². The van der Waals surface area contributed by atoms with Crippen molar-refractivity contribution in [3.05, 3.63) is 21.5 Å². The molecular formula is C28H49IN4O5Si2. The molecule has 0 unspecified atom stereocenters. The zero-order valence-corrected chi connectivity index (χ0v) is 29.6. The maximum absolute atomic E-state index is 12.7. The maximum Gasteiger partial charge on any atom is 0.314 e. The molecule has 0 amide bonds. The Balaban J connectivity index is 1.86. The van der Waals surface area contributed by atoms with Crippen molar-refractivity contribution in [3.63, 3.8) is 0 Å². The number of carbonyl (C=O) groups is 1. The second-order valence-corrected chi connectivity index (χ2v) is 25.8. The number of aromatic nitrogens is 3. The predicted molar refractivity (Wildman–Crippen MR) is 173 cm³/mol. The lowest BCUT2D eigenvalue weighted by Gasteiger charge is -2.36. The van der Waals surface area contributed by atoms with Gasteiger partial charge in [-0.3, -0.25) is 4.79 Å². The molecule has 1 saturated carbocycles. The van der Waals surface area contributed by atoms with E-state index in [1.54, 1.807) is 6.92 Å². The number of fused-ring (bicyclic) bond motifs is 1. The van der Waals surface area contributed by atoms with Crippen LogP contribution < -0.4 is 4.90 Å². The number of carbonyl (C=O) groups excluding carboxylic acids is 1. The molecule has 2 aromatic rings. The number of nitrogens with zero attached hydrogens (tertiary/aromatic N) is 4. The number of ether oxygens (including phenoxy) is 3. The first-order valence-corrected chi connectivity index (χ1v) is 23.0. The highest BCUT2D eigenvalue weighted by Gasteiger charge is 2.43. The summed E-state index contributed by atoms with van der Waals surface area (Å²) >= 11 is 2.29. The molecule has 1 aliphatic carbocycles. The van der Waals surface area contributed by atoms with Gasteiger partial charge in [0.05, 0.1) is 28.4 Å². The van der Waals surface area contributed by atoms with Crippen molar-refractivity contribution in [3.8, 4) is 0 Å². The lowest BCUT2D eigenvalue weighted by Crippen LogP contribution is -2.40. The first-order chi connectivity index (χ1) is 18.8. The van der Waals surface area contributed by atoms with Gasteiger partial charge in [0.2, 0.25) is 0 Å². The first kappa shape index (κ1) is 33.4. The Bertz CT molecular complexity index is 1090. The number of hydrogen-bond acceptors (Lipinski definition) is 8. The predicted octanol–water partition coefficient (Wildman–Crippen LogP) is 5.96. The second kappa shape index (κ2) is 14.4. The van der Waals surface area contributed by atoms with Gasteiger partial charge in [-0.1, -0.05) is 39.3 Å². The summed E-state index contributed by atoms with van der Waals surface area (Å²) < 4.78 is 20.6. The van der Waals surface area contributed by atoms with E-state index in [2.05, 4.69) is 77.9 Å². The number of rotatable bonds is 15. The van der Waals surface area contributed by atoms with Crippen molar-refractivity contribution in [2.24, 2.45) is 5.41 Å². The molecule has 3 rings (SSSR count). The van der Waals surface area contributed by atoms with Gasteiger partial charge in [0.15, 0.2) is 5.65 Å². The minimum absolute atomic E-state index is 0.172. The topological polar surface area (TPSA) is 98.4 Å². The average molecular weight is 705 g/mol. The summed E-state index contributed by atoms with van der Waals surface area (Å²) in [7, 11) is -2.42. The van der Waals surface area contributed by atoms with Gasteiger partial charge in [0, 0.05) is 47.0 Å². The monoisotopic (exact) mass is 704 g/mol. The van der Waals surface area contributed by atoms with Gasteiger partial charge in [0.1, 0.15) is 19.3 Å². The van der Waals surface area contributed by atoms with E-state index < -0.39 is 21.6 Å². The molecule has 0 bridgehead atoms. The molecule has 1 fully saturated rings. The third kappa shape index (κ3) is 9.22. The van der Waals surface area contributed by atoms with Crippen molar-refractivity contribution >= 4 is 56.2 Å². The molecule has 0 aliphatic heterocycles. The molecule has 1 N–H and O–H groups in total. The molecule has 9 nitrogen and oxygen atoms in total. The Morgan fingerprint density at radius 3 is 2.17 bits per heavy atom. The number of aliphatic hydroxyl groups excluding tert-OH is 1. The van der Waals surface area contributed by atoms with Crippen LogP contribution in [0.15, 0.2) is 12.3 Å². The average Bonchev–Trinajstić information content (AvgIpc) is 3.26. The molecule has 0 aromatic carbocycles. The lowest BCUT2D eigenvalue weighted by molar-refractivity contribution is -0.160. The Morgan fingerprint density at radius 2 is 1.68 bits per heavy atom. The number of halogens is 1. The summed E-state index contributed by atoms with van der Waals surface area (Å²) in [6.07, 6.45) is 4.51. The summed E-state index contributed by atoms with van der Waals surface area (Å²) in [5, 5.41) is 14.8. The van der Waals surface area contributed by atoms with E-state index >= 15 is 0 Å². The molecule has 12 heteroatoms. The molecule has 1 aliphatic rings. The van der Waals surface area contributed by atoms with E-state index in [1.807, 2.05) is 10.7 Å². The van der Waals surface area contributed by atoms with E-state index in [0.717, 1.165) is 58.9 Å². The summed E-state index contributed by atoms with van der Waals surface area (Å²) in [4.78, 5) is 19.8. The van der Waals surface area contributed by atoms with Crippen molar-refractivity contribution in [2.45, 2.75) is 89.9 Å². The van der Waals surface area contributed by atoms with Gasteiger partial charge in [-0.25, -0.2) is 4.98 Å². The normalized spacial score (nSPS) is 20.2. The van der Waals surface area contributed by atoms with E-state index in [0.29, 0.717) is 32.9 Å². The first-order valence-electron chi connectivity index (χ1n) is 14.5. The molecule has 0 spiro atoms. The SMILES string of the molecule is CCOC(=O)C1(CO)CCC(c2cc(N(COCC[Si](C)(C)C)COCC[Si](C)(C)C)n3ncc(I)c3n2)CC1. The van der Waals surface area contributed by atoms with Crippen LogP contribution in [0.5, 0.6) is 0 Å². The minimum Gasteiger partial charge on any atom is -0.465 e. The van der Waals surface area contributed by atoms with Crippen LogP contribution in [-0.2, 0) is 19.0 Å². The van der Waals surface area contributed by atoms with Crippen molar-refractivity contribution in [2.75, 3.05) is 44.8 Å². The van der Waals surface area contributed by atoms with Gasteiger partial charge >= 0.3 is 5.97 Å². The zero-order valence-electron chi connectivity index (χ0n) is 25.5. The number of hydrogen-bond donors (Lipinski definition) is 1. The van der Waals surface area contributed by atoms with Crippen molar-refractivity contribution < 1.29 is 24.1 Å². The summed E-state index contributed by atoms with van der Waals surface area (Å²) in [5.74, 6) is 0.779. The van der Waals surface area contributed by atoms with Gasteiger partial charge in [-0.2, -0.15) is 9.61 Å². The zero-order chi connectivity index (χ0) is 29.6. The molecule has 0 radical (unpaired) electrons. The van der Waals surface area contributed by atoms with Crippen molar-refractivity contribution in [1.82, 2.24) is 14.6 Å². The van der Waals surface area contributed by atoms with Gasteiger partial charge in [-0.15, -0.1) is 0 Å². The van der Waals surface area contributed by atoms with Crippen LogP contribution in [0.25, 0.3) is 5.65 Å². The van der Waals surface area contributed by atoms with E-state index in [1.165, 1.54) is 0 Å². The van der Waals surface area contributed by atoms with Crippen LogP contribution in [0.1, 0.15) is 44.2 Å². The fourth-order valence-corrected chi connectivity index (χ4v) is 6.81. The highest BCUT2D eigenvalue weighted by molar-refractivity contribution is 14.1. The quantitative estimate of drug-likeness (QED) is 0.0798. The molecule has 226 valence electrons. The molecule has 0 atom stereocenters. The molecule has 2 heterocycles. The van der Waals surface area contributed by atoms with Crippen LogP contribution in [0, 0.1) is 8.99 Å². The highest BCUT2D eigenvalue weighted by Crippen LogP contribution is 2.44. The molecule has 0 saturated heterocycles. The van der Waals surface area contributed by atoms with Crippen LogP contribution in [0.2, 0.25) is 51.4 Å². The second-order valence-electron chi connectivity index (χ2n) is 13.4. The van der Waals surface area contributed by atoms with Crippen LogP contribution in [-0.4, -0.2) is 81.7 Å². The summed E-state index contributed by atoms with van der Waals surface area (Å²) in [5.41, 5.74) is 0.975. The Hall–Kier alpha value is -1.07. The Kier molecular flexibility index (Phi) is 12.0. The number of esters is 1. The van der Waals surface area contributed by atoms with E-state index in [9.17, 15) is 9.90 Å². The smallest absolute Gasteiger partial charge is 0.314 e. The fraction of sp³-hybridized carbons (Fsp3) is 0.750. The standard InChI is InChI=1S/C28H49IN4O5Si2/c1-8-38-27(35)28(19-34)11-9-22(10-12-28)24-17-25(33-26(31-24)23(29)18-30-33)32(20-36-13-15-39(2,3)4)21-37-14-16-40(5,6)7/h17-18,22,34H,8-16,19-21H2,1-7H3. The van der Waals surface area contributed by atoms with E-state index in [4.69, 9.17) is 19.2 Å². The third-order valence-electron chi connectivity index (χ3n) is 7.61. The lowest BCUT2D eigenvalue weighted by atomic mass is 9.70. The van der Waals surface area contributed by atoms with E-state index in [-0.39, 0.29) is 18.5 Å². The van der Waals surface area contributed by atoms with Gasteiger partial charge < -0.3 is 24.2 Å². The Labute approximate surface area is 255 Å². The molecule has 2 aromatic heterocycles. The highest BCUT2D eigenvalue weighted by atomic mass is 127. The van der Waals surface area contributed by atoms with Crippen molar-refractivity contribution in [1.29, 1.82) is 0 Å². The minimum atomic E-state index is -1.21. The maximum atomic E-state index is 12.7.